The Morgan fingerprint density at radius 3 is 2.30 bits per heavy atom. The van der Waals surface area contributed by atoms with Crippen molar-refractivity contribution in [2.45, 2.75) is 18.9 Å². The van der Waals surface area contributed by atoms with E-state index < -0.39 is 6.04 Å². The second-order valence-corrected chi connectivity index (χ2v) is 7.59. The highest BCUT2D eigenvalue weighted by Crippen LogP contribution is 2.40. The van der Waals surface area contributed by atoms with Crippen LogP contribution in [0.4, 0.5) is 0 Å². The minimum Gasteiger partial charge on any atom is -0.493 e. The Morgan fingerprint density at radius 1 is 0.879 bits per heavy atom. The molecule has 1 amide bonds. The molecule has 0 radical (unpaired) electrons. The zero-order chi connectivity index (χ0) is 23.2. The van der Waals surface area contributed by atoms with Gasteiger partial charge in [-0.3, -0.25) is 4.79 Å². The highest BCUT2D eigenvalue weighted by atomic mass is 16.5. The van der Waals surface area contributed by atoms with Crippen molar-refractivity contribution in [2.75, 3.05) is 21.3 Å². The SMILES string of the molecule is COc1ccc(CCC(=O)NC(c2ccccc2)c2cc3ccccc3o2)c(OC)c1OC. The number of benzene rings is 3. The molecule has 0 saturated heterocycles. The Bertz CT molecular complexity index is 1200. The summed E-state index contributed by atoms with van der Waals surface area (Å²) < 4.78 is 22.4. The highest BCUT2D eigenvalue weighted by Gasteiger charge is 2.22. The zero-order valence-electron chi connectivity index (χ0n) is 19.0. The molecule has 4 rings (SSSR count). The van der Waals surface area contributed by atoms with E-state index in [0.717, 1.165) is 22.1 Å². The van der Waals surface area contributed by atoms with Crippen LogP contribution in [-0.4, -0.2) is 27.2 Å². The molecule has 1 N–H and O–H groups in total. The van der Waals surface area contributed by atoms with Crippen molar-refractivity contribution in [3.63, 3.8) is 0 Å². The van der Waals surface area contributed by atoms with E-state index in [2.05, 4.69) is 5.32 Å². The fourth-order valence-corrected chi connectivity index (χ4v) is 3.95. The lowest BCUT2D eigenvalue weighted by molar-refractivity contribution is -0.121. The van der Waals surface area contributed by atoms with Gasteiger partial charge in [0, 0.05) is 11.8 Å². The summed E-state index contributed by atoms with van der Waals surface area (Å²) in [6, 6.07) is 22.9. The van der Waals surface area contributed by atoms with Crippen LogP contribution >= 0.6 is 0 Å². The molecule has 0 bridgehead atoms. The molecule has 0 aliphatic rings. The minimum atomic E-state index is -0.390. The number of ether oxygens (including phenoxy) is 3. The van der Waals surface area contributed by atoms with Gasteiger partial charge in [-0.05, 0) is 35.7 Å². The summed E-state index contributed by atoms with van der Waals surface area (Å²) in [7, 11) is 4.72. The largest absolute Gasteiger partial charge is 0.493 e. The van der Waals surface area contributed by atoms with E-state index in [1.807, 2.05) is 72.8 Å². The van der Waals surface area contributed by atoms with Crippen LogP contribution in [0.5, 0.6) is 17.2 Å². The normalized spacial score (nSPS) is 11.7. The van der Waals surface area contributed by atoms with E-state index in [-0.39, 0.29) is 12.3 Å². The molecule has 6 heteroatoms. The molecule has 0 aliphatic heterocycles. The van der Waals surface area contributed by atoms with Crippen LogP contribution < -0.4 is 19.5 Å². The zero-order valence-corrected chi connectivity index (χ0v) is 19.0. The second-order valence-electron chi connectivity index (χ2n) is 7.59. The smallest absolute Gasteiger partial charge is 0.221 e. The van der Waals surface area contributed by atoms with Gasteiger partial charge < -0.3 is 23.9 Å². The number of hydrogen-bond acceptors (Lipinski definition) is 5. The summed E-state index contributed by atoms with van der Waals surface area (Å²) in [4.78, 5) is 13.0. The van der Waals surface area contributed by atoms with Gasteiger partial charge in [-0.15, -0.1) is 0 Å². The van der Waals surface area contributed by atoms with Crippen molar-refractivity contribution < 1.29 is 23.4 Å². The van der Waals surface area contributed by atoms with Crippen LogP contribution in [0.2, 0.25) is 0 Å². The third-order valence-electron chi connectivity index (χ3n) is 5.57. The molecule has 3 aromatic carbocycles. The van der Waals surface area contributed by atoms with Gasteiger partial charge in [0.15, 0.2) is 11.5 Å². The first-order valence-corrected chi connectivity index (χ1v) is 10.7. The number of fused-ring (bicyclic) bond motifs is 1. The molecule has 33 heavy (non-hydrogen) atoms. The number of rotatable bonds is 9. The first kappa shape index (κ1) is 22.3. The van der Waals surface area contributed by atoms with Gasteiger partial charge in [0.2, 0.25) is 11.7 Å². The van der Waals surface area contributed by atoms with Gasteiger partial charge in [0.1, 0.15) is 17.4 Å². The lowest BCUT2D eigenvalue weighted by atomic mass is 10.0. The Balaban J connectivity index is 1.55. The standard InChI is InChI=1S/C27H27NO5/c1-30-22-15-13-19(26(31-2)27(22)32-3)14-16-24(29)28-25(18-9-5-4-6-10-18)23-17-20-11-7-8-12-21(20)33-23/h4-13,15,17,25H,14,16H2,1-3H3,(H,28,29). The van der Waals surface area contributed by atoms with Gasteiger partial charge in [-0.1, -0.05) is 54.6 Å². The molecule has 1 aromatic heterocycles. The van der Waals surface area contributed by atoms with Crippen LogP contribution in [0, 0.1) is 0 Å². The predicted molar refractivity (Wildman–Crippen MR) is 127 cm³/mol. The molecule has 1 unspecified atom stereocenters. The van der Waals surface area contributed by atoms with E-state index in [1.54, 1.807) is 21.3 Å². The Labute approximate surface area is 193 Å². The van der Waals surface area contributed by atoms with Gasteiger partial charge in [0.05, 0.1) is 21.3 Å². The molecule has 1 heterocycles. The van der Waals surface area contributed by atoms with Gasteiger partial charge >= 0.3 is 0 Å². The molecule has 170 valence electrons. The summed E-state index contributed by atoms with van der Waals surface area (Å²) in [6.07, 6.45) is 0.756. The maximum absolute atomic E-state index is 13.0. The highest BCUT2D eigenvalue weighted by molar-refractivity contribution is 5.80. The Morgan fingerprint density at radius 2 is 1.61 bits per heavy atom. The third-order valence-corrected chi connectivity index (χ3v) is 5.57. The number of amides is 1. The van der Waals surface area contributed by atoms with Crippen molar-refractivity contribution in [3.8, 4) is 17.2 Å². The Kier molecular flexibility index (Phi) is 6.83. The molecule has 1 atom stereocenters. The monoisotopic (exact) mass is 445 g/mol. The number of furan rings is 1. The predicted octanol–water partition coefficient (Wildman–Crippen LogP) is 5.30. The van der Waals surface area contributed by atoms with E-state index >= 15 is 0 Å². The number of aryl methyl sites for hydroxylation is 1. The first-order valence-electron chi connectivity index (χ1n) is 10.7. The van der Waals surface area contributed by atoms with Gasteiger partial charge in [-0.2, -0.15) is 0 Å². The lowest BCUT2D eigenvalue weighted by Crippen LogP contribution is -2.29. The van der Waals surface area contributed by atoms with E-state index in [1.165, 1.54) is 0 Å². The molecular formula is C27H27NO5. The molecule has 6 nitrogen and oxygen atoms in total. The summed E-state index contributed by atoms with van der Waals surface area (Å²) in [5, 5.41) is 4.14. The summed E-state index contributed by atoms with van der Waals surface area (Å²) in [6.45, 7) is 0. The maximum Gasteiger partial charge on any atom is 0.221 e. The molecule has 4 aromatic rings. The van der Waals surface area contributed by atoms with Crippen molar-refractivity contribution in [3.05, 3.63) is 89.7 Å². The van der Waals surface area contributed by atoms with Gasteiger partial charge in [-0.25, -0.2) is 0 Å². The number of carbonyl (C=O) groups is 1. The number of carbonyl (C=O) groups excluding carboxylic acids is 1. The van der Waals surface area contributed by atoms with E-state index in [9.17, 15) is 4.79 Å². The summed E-state index contributed by atoms with van der Waals surface area (Å²) >= 11 is 0. The van der Waals surface area contributed by atoms with E-state index in [4.69, 9.17) is 18.6 Å². The Hall–Kier alpha value is -3.93. The second kappa shape index (κ2) is 10.1. The van der Waals surface area contributed by atoms with Crippen LogP contribution in [0.25, 0.3) is 11.0 Å². The molecular weight excluding hydrogens is 418 g/mol. The molecule has 0 aliphatic carbocycles. The summed E-state index contributed by atoms with van der Waals surface area (Å²) in [5.74, 6) is 2.26. The first-order chi connectivity index (χ1) is 16.1. The average molecular weight is 446 g/mol. The fraction of sp³-hybridized carbons (Fsp3) is 0.222. The van der Waals surface area contributed by atoms with Gasteiger partial charge in [0.25, 0.3) is 0 Å². The lowest BCUT2D eigenvalue weighted by Gasteiger charge is -2.18. The topological polar surface area (TPSA) is 69.9 Å². The molecule has 0 spiro atoms. The van der Waals surface area contributed by atoms with E-state index in [0.29, 0.717) is 29.4 Å². The molecule has 0 fully saturated rings. The fourth-order valence-electron chi connectivity index (χ4n) is 3.95. The number of nitrogens with one attached hydrogen (secondary N) is 1. The number of para-hydroxylation sites is 1. The van der Waals surface area contributed by atoms with Crippen LogP contribution in [0.1, 0.15) is 29.3 Å². The maximum atomic E-state index is 13.0. The number of methoxy groups -OCH3 is 3. The van der Waals surface area contributed by atoms with Crippen LogP contribution in [-0.2, 0) is 11.2 Å². The quantitative estimate of drug-likeness (QED) is 0.379. The average Bonchev–Trinajstić information content (AvgIpc) is 3.29. The van der Waals surface area contributed by atoms with Crippen molar-refractivity contribution in [1.82, 2.24) is 5.32 Å². The van der Waals surface area contributed by atoms with Crippen LogP contribution in [0.15, 0.2) is 77.2 Å². The third kappa shape index (κ3) is 4.80. The number of hydrogen-bond donors (Lipinski definition) is 1. The molecule has 0 saturated carbocycles. The van der Waals surface area contributed by atoms with Crippen molar-refractivity contribution >= 4 is 16.9 Å². The van der Waals surface area contributed by atoms with Crippen molar-refractivity contribution in [1.29, 1.82) is 0 Å². The minimum absolute atomic E-state index is 0.0962. The van der Waals surface area contributed by atoms with Crippen LogP contribution in [0.3, 0.4) is 0 Å². The summed E-state index contributed by atoms with van der Waals surface area (Å²) in [5.41, 5.74) is 2.61. The van der Waals surface area contributed by atoms with Crippen molar-refractivity contribution in [2.24, 2.45) is 0 Å².